The van der Waals surface area contributed by atoms with E-state index < -0.39 is 5.97 Å². The molecule has 0 radical (unpaired) electrons. The number of carbonyl (C=O) groups excluding carboxylic acids is 1. The van der Waals surface area contributed by atoms with Gasteiger partial charge in [0.15, 0.2) is 0 Å². The quantitative estimate of drug-likeness (QED) is 0.655. The number of rotatable bonds is 1. The number of aliphatic hydroxyl groups is 1. The maximum Gasteiger partial charge on any atom is 0.337 e. The highest BCUT2D eigenvalue weighted by atomic mass is 16.8. The molecule has 3 rings (SSSR count). The van der Waals surface area contributed by atoms with Gasteiger partial charge in [-0.25, -0.2) is 4.79 Å². The molecule has 1 unspecified atom stereocenters. The second-order valence-electron chi connectivity index (χ2n) is 4.59. The van der Waals surface area contributed by atoms with Crippen LogP contribution < -0.4 is 0 Å². The molecule has 1 N–H and O–H groups in total. The lowest BCUT2D eigenvalue weighted by molar-refractivity contribution is -0.346. The summed E-state index contributed by atoms with van der Waals surface area (Å²) in [5.41, 5.74) is 0.519. The monoisotopic (exact) mass is 226 g/mol. The second kappa shape index (κ2) is 3.21. The van der Waals surface area contributed by atoms with E-state index in [0.29, 0.717) is 12.2 Å². The van der Waals surface area contributed by atoms with Crippen molar-refractivity contribution >= 4 is 5.97 Å². The third kappa shape index (κ3) is 1.15. The van der Waals surface area contributed by atoms with Crippen LogP contribution in [0.1, 0.15) is 12.8 Å². The Morgan fingerprint density at radius 3 is 3.19 bits per heavy atom. The van der Waals surface area contributed by atoms with Crippen LogP contribution in [0.5, 0.6) is 0 Å². The number of hydrogen-bond acceptors (Lipinski definition) is 5. The van der Waals surface area contributed by atoms with Gasteiger partial charge in [0.1, 0.15) is 6.26 Å². The number of hydrogen-bond donors (Lipinski definition) is 1. The summed E-state index contributed by atoms with van der Waals surface area (Å²) >= 11 is 0. The van der Waals surface area contributed by atoms with Crippen molar-refractivity contribution in [3.63, 3.8) is 0 Å². The van der Waals surface area contributed by atoms with Crippen LogP contribution >= 0.6 is 0 Å². The normalized spacial score (nSPS) is 44.6. The van der Waals surface area contributed by atoms with Crippen LogP contribution in [0.15, 0.2) is 11.8 Å². The van der Waals surface area contributed by atoms with Crippen LogP contribution in [0.25, 0.3) is 0 Å². The molecule has 0 bridgehead atoms. The van der Waals surface area contributed by atoms with Crippen LogP contribution in [0.3, 0.4) is 0 Å². The van der Waals surface area contributed by atoms with Gasteiger partial charge < -0.3 is 19.3 Å². The minimum atomic E-state index is -1.52. The number of ether oxygens (including phenoxy) is 3. The van der Waals surface area contributed by atoms with E-state index in [2.05, 4.69) is 0 Å². The van der Waals surface area contributed by atoms with Crippen molar-refractivity contribution in [1.29, 1.82) is 0 Å². The molecular weight excluding hydrogens is 212 g/mol. The molecule has 0 aromatic rings. The minimum absolute atomic E-state index is 0.00120. The summed E-state index contributed by atoms with van der Waals surface area (Å²) in [6, 6.07) is 0. The summed E-state index contributed by atoms with van der Waals surface area (Å²) in [5.74, 6) is -1.75. The van der Waals surface area contributed by atoms with Crippen molar-refractivity contribution in [3.8, 4) is 0 Å². The number of methoxy groups -OCH3 is 1. The van der Waals surface area contributed by atoms with E-state index in [0.717, 1.165) is 12.8 Å². The molecule has 1 saturated carbocycles. The molecule has 2 heterocycles. The Bertz CT molecular complexity index is 363. The van der Waals surface area contributed by atoms with Gasteiger partial charge in [0.25, 0.3) is 0 Å². The van der Waals surface area contributed by atoms with Crippen LogP contribution in [0.2, 0.25) is 0 Å². The molecule has 0 amide bonds. The highest BCUT2D eigenvalue weighted by molar-refractivity contribution is 5.89. The van der Waals surface area contributed by atoms with Crippen molar-refractivity contribution in [1.82, 2.24) is 0 Å². The Morgan fingerprint density at radius 1 is 1.62 bits per heavy atom. The van der Waals surface area contributed by atoms with Crippen molar-refractivity contribution < 1.29 is 24.1 Å². The molecule has 4 atom stereocenters. The summed E-state index contributed by atoms with van der Waals surface area (Å²) < 4.78 is 15.2. The van der Waals surface area contributed by atoms with E-state index >= 15 is 0 Å². The van der Waals surface area contributed by atoms with Crippen molar-refractivity contribution in [2.75, 3.05) is 13.7 Å². The van der Waals surface area contributed by atoms with Crippen molar-refractivity contribution in [2.24, 2.45) is 17.8 Å². The zero-order chi connectivity index (χ0) is 11.3. The van der Waals surface area contributed by atoms with Crippen molar-refractivity contribution in [3.05, 3.63) is 11.8 Å². The zero-order valence-corrected chi connectivity index (χ0v) is 9.01. The largest absolute Gasteiger partial charge is 0.466 e. The minimum Gasteiger partial charge on any atom is -0.466 e. The topological polar surface area (TPSA) is 65.0 Å². The molecule has 0 aromatic heterocycles. The lowest BCUT2D eigenvalue weighted by Crippen LogP contribution is -2.44. The molecule has 1 saturated heterocycles. The summed E-state index contributed by atoms with van der Waals surface area (Å²) in [5, 5.41) is 10.1. The van der Waals surface area contributed by atoms with Crippen molar-refractivity contribution in [2.45, 2.75) is 18.8 Å². The van der Waals surface area contributed by atoms with E-state index in [4.69, 9.17) is 14.2 Å². The van der Waals surface area contributed by atoms with Crippen LogP contribution in [0, 0.1) is 17.8 Å². The first-order valence-electron chi connectivity index (χ1n) is 5.48. The Kier molecular flexibility index (Phi) is 2.03. The molecule has 5 heteroatoms. The Balaban J connectivity index is 1.96. The van der Waals surface area contributed by atoms with Crippen LogP contribution in [0.4, 0.5) is 0 Å². The standard InChI is InChI=1S/C11H14O5/c1-14-10(12)8-5-16-11(13)9-6(4-15-11)2-3-7(8)9/h5-7,9,13H,2-4H2,1H3/t6?,7-,9-,11-/m1/s1. The maximum absolute atomic E-state index is 11.6. The molecule has 0 spiro atoms. The zero-order valence-electron chi connectivity index (χ0n) is 9.01. The van der Waals surface area contributed by atoms with E-state index in [1.165, 1.54) is 13.4 Å². The molecule has 5 nitrogen and oxygen atoms in total. The van der Waals surface area contributed by atoms with Gasteiger partial charge in [-0.15, -0.1) is 0 Å². The predicted octanol–water partition coefficient (Wildman–Crippen LogP) is 0.392. The van der Waals surface area contributed by atoms with Gasteiger partial charge in [-0.2, -0.15) is 0 Å². The third-order valence-corrected chi connectivity index (χ3v) is 3.89. The fraction of sp³-hybridized carbons (Fsp3) is 0.727. The summed E-state index contributed by atoms with van der Waals surface area (Å²) in [4.78, 5) is 11.6. The van der Waals surface area contributed by atoms with Gasteiger partial charge in [-0.05, 0) is 18.8 Å². The molecule has 88 valence electrons. The highest BCUT2D eigenvalue weighted by Gasteiger charge is 2.61. The van der Waals surface area contributed by atoms with Gasteiger partial charge in [0, 0.05) is 5.92 Å². The Morgan fingerprint density at radius 2 is 2.44 bits per heavy atom. The second-order valence-corrected chi connectivity index (χ2v) is 4.59. The summed E-state index contributed by atoms with van der Waals surface area (Å²) in [7, 11) is 1.35. The van der Waals surface area contributed by atoms with E-state index in [1.54, 1.807) is 0 Å². The molecular formula is C11H14O5. The van der Waals surface area contributed by atoms with Gasteiger partial charge in [-0.3, -0.25) is 0 Å². The first kappa shape index (κ1) is 10.1. The van der Waals surface area contributed by atoms with E-state index in [-0.39, 0.29) is 23.7 Å². The van der Waals surface area contributed by atoms with Gasteiger partial charge in [0.05, 0.1) is 25.2 Å². The SMILES string of the molecule is COC(=O)C1=CO[C@]2(O)OCC3CC[C@H]1[C@@H]32. The van der Waals surface area contributed by atoms with Crippen LogP contribution in [-0.2, 0) is 19.0 Å². The Labute approximate surface area is 93.0 Å². The number of carbonyl (C=O) groups is 1. The average Bonchev–Trinajstić information content (AvgIpc) is 2.84. The third-order valence-electron chi connectivity index (χ3n) is 3.89. The fourth-order valence-electron chi connectivity index (χ4n) is 3.16. The molecule has 2 aliphatic heterocycles. The summed E-state index contributed by atoms with van der Waals surface area (Å²) in [6.45, 7) is 0.500. The molecule has 16 heavy (non-hydrogen) atoms. The number of esters is 1. The highest BCUT2D eigenvalue weighted by Crippen LogP contribution is 2.54. The van der Waals surface area contributed by atoms with Crippen LogP contribution in [-0.4, -0.2) is 30.8 Å². The smallest absolute Gasteiger partial charge is 0.337 e. The first-order valence-corrected chi connectivity index (χ1v) is 5.48. The molecule has 1 aliphatic carbocycles. The predicted molar refractivity (Wildman–Crippen MR) is 51.8 cm³/mol. The van der Waals surface area contributed by atoms with Gasteiger partial charge in [-0.1, -0.05) is 0 Å². The molecule has 2 fully saturated rings. The lowest BCUT2D eigenvalue weighted by Gasteiger charge is -2.35. The van der Waals surface area contributed by atoms with E-state index in [1.807, 2.05) is 0 Å². The average molecular weight is 226 g/mol. The lowest BCUT2D eigenvalue weighted by atomic mass is 9.83. The van der Waals surface area contributed by atoms with Gasteiger partial charge in [0.2, 0.25) is 0 Å². The Hall–Kier alpha value is -1.07. The fourth-order valence-corrected chi connectivity index (χ4v) is 3.16. The maximum atomic E-state index is 11.6. The first-order chi connectivity index (χ1) is 7.65. The summed E-state index contributed by atoms with van der Waals surface area (Å²) in [6.07, 6.45) is 3.13. The molecule has 3 aliphatic rings. The molecule has 0 aromatic carbocycles. The van der Waals surface area contributed by atoms with E-state index in [9.17, 15) is 9.90 Å². The van der Waals surface area contributed by atoms with Gasteiger partial charge >= 0.3 is 11.9 Å².